The number of fused-ring (bicyclic) bond motifs is 1. The lowest BCUT2D eigenvalue weighted by Gasteiger charge is -2.19. The van der Waals surface area contributed by atoms with E-state index in [1.165, 1.54) is 0 Å². The van der Waals surface area contributed by atoms with Gasteiger partial charge < -0.3 is 20.3 Å². The highest BCUT2D eigenvalue weighted by Gasteiger charge is 2.26. The molecule has 0 bridgehead atoms. The van der Waals surface area contributed by atoms with Crippen LogP contribution in [-0.4, -0.2) is 37.1 Å². The SMILES string of the molecule is CCOC(=O)[C@H](C)NC(=O)Nc1ccc2c(c1)N(C(=O)c1ccc(C)cc1)CC2. The number of hydrogen-bond acceptors (Lipinski definition) is 4. The van der Waals surface area contributed by atoms with Crippen molar-refractivity contribution in [2.24, 2.45) is 0 Å². The third-order valence-corrected chi connectivity index (χ3v) is 4.77. The average molecular weight is 395 g/mol. The topological polar surface area (TPSA) is 87.7 Å². The van der Waals surface area contributed by atoms with Crippen molar-refractivity contribution in [1.82, 2.24) is 5.32 Å². The van der Waals surface area contributed by atoms with Gasteiger partial charge in [0, 0.05) is 23.5 Å². The molecule has 152 valence electrons. The normalized spacial score (nSPS) is 13.4. The Balaban J connectivity index is 1.71. The summed E-state index contributed by atoms with van der Waals surface area (Å²) in [5, 5.41) is 5.25. The van der Waals surface area contributed by atoms with Crippen LogP contribution in [0.3, 0.4) is 0 Å². The van der Waals surface area contributed by atoms with E-state index < -0.39 is 18.0 Å². The number of carbonyl (C=O) groups excluding carboxylic acids is 3. The van der Waals surface area contributed by atoms with Crippen molar-refractivity contribution in [2.75, 3.05) is 23.4 Å². The monoisotopic (exact) mass is 395 g/mol. The van der Waals surface area contributed by atoms with Gasteiger partial charge in [-0.25, -0.2) is 9.59 Å². The number of nitrogens with zero attached hydrogens (tertiary/aromatic N) is 1. The molecule has 3 rings (SSSR count). The zero-order valence-corrected chi connectivity index (χ0v) is 16.8. The number of esters is 1. The first kappa shape index (κ1) is 20.4. The molecular formula is C22H25N3O4. The minimum Gasteiger partial charge on any atom is -0.464 e. The summed E-state index contributed by atoms with van der Waals surface area (Å²) in [6.07, 6.45) is 0.763. The van der Waals surface area contributed by atoms with E-state index in [4.69, 9.17) is 4.74 Å². The summed E-state index contributed by atoms with van der Waals surface area (Å²) in [5.41, 5.74) is 4.10. The Morgan fingerprint density at radius 2 is 1.86 bits per heavy atom. The molecule has 1 aliphatic heterocycles. The van der Waals surface area contributed by atoms with Gasteiger partial charge >= 0.3 is 12.0 Å². The molecule has 7 nitrogen and oxygen atoms in total. The van der Waals surface area contributed by atoms with E-state index >= 15 is 0 Å². The number of nitrogens with one attached hydrogen (secondary N) is 2. The molecule has 1 aliphatic rings. The molecule has 2 aromatic carbocycles. The first-order valence-electron chi connectivity index (χ1n) is 9.64. The predicted molar refractivity (Wildman–Crippen MR) is 111 cm³/mol. The van der Waals surface area contributed by atoms with Crippen LogP contribution in [0.5, 0.6) is 0 Å². The van der Waals surface area contributed by atoms with E-state index in [1.807, 2.05) is 37.3 Å². The van der Waals surface area contributed by atoms with E-state index in [0.29, 0.717) is 17.8 Å². The van der Waals surface area contributed by atoms with E-state index in [9.17, 15) is 14.4 Å². The Hall–Kier alpha value is -3.35. The Morgan fingerprint density at radius 1 is 1.14 bits per heavy atom. The molecule has 0 saturated carbocycles. The highest BCUT2D eigenvalue weighted by molar-refractivity contribution is 6.07. The Bertz CT molecular complexity index is 924. The lowest BCUT2D eigenvalue weighted by atomic mass is 10.1. The molecule has 0 aromatic heterocycles. The standard InChI is InChI=1S/C22H25N3O4/c1-4-29-21(27)15(3)23-22(28)24-18-10-9-16-11-12-25(19(16)13-18)20(26)17-7-5-14(2)6-8-17/h5-10,13,15H,4,11-12H2,1-3H3,(H2,23,24,28)/t15-/m0/s1. The molecule has 2 aromatic rings. The van der Waals surface area contributed by atoms with Gasteiger partial charge in [0.2, 0.25) is 0 Å². The van der Waals surface area contributed by atoms with Crippen LogP contribution in [0.25, 0.3) is 0 Å². The summed E-state index contributed by atoms with van der Waals surface area (Å²) in [6.45, 7) is 6.09. The molecule has 0 unspecified atom stereocenters. The van der Waals surface area contributed by atoms with E-state index in [2.05, 4.69) is 10.6 Å². The Labute approximate surface area is 170 Å². The highest BCUT2D eigenvalue weighted by atomic mass is 16.5. The molecule has 7 heteroatoms. The minimum atomic E-state index is -0.760. The van der Waals surface area contributed by atoms with Crippen molar-refractivity contribution in [1.29, 1.82) is 0 Å². The van der Waals surface area contributed by atoms with Gasteiger partial charge in [-0.2, -0.15) is 0 Å². The first-order chi connectivity index (χ1) is 13.9. The van der Waals surface area contributed by atoms with Crippen molar-refractivity contribution >= 4 is 29.3 Å². The molecular weight excluding hydrogens is 370 g/mol. The van der Waals surface area contributed by atoms with Crippen molar-refractivity contribution in [2.45, 2.75) is 33.2 Å². The third-order valence-electron chi connectivity index (χ3n) is 4.77. The van der Waals surface area contributed by atoms with Crippen LogP contribution in [0.15, 0.2) is 42.5 Å². The number of anilines is 2. The smallest absolute Gasteiger partial charge is 0.328 e. The molecule has 0 aliphatic carbocycles. The number of carbonyl (C=O) groups is 3. The molecule has 2 N–H and O–H groups in total. The van der Waals surface area contributed by atoms with Crippen LogP contribution >= 0.6 is 0 Å². The van der Waals surface area contributed by atoms with Gasteiger partial charge in [0.15, 0.2) is 0 Å². The average Bonchev–Trinajstić information content (AvgIpc) is 3.11. The van der Waals surface area contributed by atoms with Crippen LogP contribution in [0.2, 0.25) is 0 Å². The van der Waals surface area contributed by atoms with Crippen molar-refractivity contribution in [3.05, 3.63) is 59.2 Å². The second-order valence-corrected chi connectivity index (χ2v) is 6.99. The molecule has 0 radical (unpaired) electrons. The number of urea groups is 1. The van der Waals surface area contributed by atoms with Crippen LogP contribution < -0.4 is 15.5 Å². The van der Waals surface area contributed by atoms with E-state index in [0.717, 1.165) is 23.2 Å². The summed E-state index contributed by atoms with van der Waals surface area (Å²) in [6, 6.07) is 11.7. The summed E-state index contributed by atoms with van der Waals surface area (Å²) < 4.78 is 4.88. The summed E-state index contributed by atoms with van der Waals surface area (Å²) in [7, 11) is 0. The number of benzene rings is 2. The molecule has 29 heavy (non-hydrogen) atoms. The zero-order chi connectivity index (χ0) is 21.0. The molecule has 0 saturated heterocycles. The fraction of sp³-hybridized carbons (Fsp3) is 0.318. The molecule has 1 atom stereocenters. The Kier molecular flexibility index (Phi) is 6.16. The lowest BCUT2D eigenvalue weighted by molar-refractivity contribution is -0.144. The summed E-state index contributed by atoms with van der Waals surface area (Å²) >= 11 is 0. The number of hydrogen-bond donors (Lipinski definition) is 2. The fourth-order valence-corrected chi connectivity index (χ4v) is 3.21. The van der Waals surface area contributed by atoms with Crippen LogP contribution in [0, 0.1) is 6.92 Å². The largest absolute Gasteiger partial charge is 0.464 e. The quantitative estimate of drug-likeness (QED) is 0.761. The fourth-order valence-electron chi connectivity index (χ4n) is 3.21. The maximum absolute atomic E-state index is 12.9. The molecule has 1 heterocycles. The van der Waals surface area contributed by atoms with Crippen molar-refractivity contribution in [3.8, 4) is 0 Å². The number of amides is 3. The first-order valence-corrected chi connectivity index (χ1v) is 9.64. The zero-order valence-electron chi connectivity index (χ0n) is 16.8. The highest BCUT2D eigenvalue weighted by Crippen LogP contribution is 2.32. The number of aryl methyl sites for hydroxylation is 1. The second-order valence-electron chi connectivity index (χ2n) is 6.99. The Morgan fingerprint density at radius 3 is 2.55 bits per heavy atom. The van der Waals surface area contributed by atoms with Crippen LogP contribution in [-0.2, 0) is 16.0 Å². The van der Waals surface area contributed by atoms with Gasteiger partial charge in [-0.3, -0.25) is 4.79 Å². The van der Waals surface area contributed by atoms with Gasteiger partial charge in [0.25, 0.3) is 5.91 Å². The maximum atomic E-state index is 12.9. The maximum Gasteiger partial charge on any atom is 0.328 e. The van der Waals surface area contributed by atoms with Gasteiger partial charge in [-0.05, 0) is 57.0 Å². The van der Waals surface area contributed by atoms with Gasteiger partial charge in [-0.1, -0.05) is 23.8 Å². The van der Waals surface area contributed by atoms with E-state index in [-0.39, 0.29) is 12.5 Å². The number of rotatable bonds is 5. The minimum absolute atomic E-state index is 0.0683. The molecule has 0 fully saturated rings. The summed E-state index contributed by atoms with van der Waals surface area (Å²) in [5.74, 6) is -0.562. The van der Waals surface area contributed by atoms with E-state index in [1.54, 1.807) is 30.9 Å². The van der Waals surface area contributed by atoms with Gasteiger partial charge in [0.05, 0.1) is 6.61 Å². The third kappa shape index (κ3) is 4.74. The van der Waals surface area contributed by atoms with Gasteiger partial charge in [-0.15, -0.1) is 0 Å². The summed E-state index contributed by atoms with van der Waals surface area (Å²) in [4.78, 5) is 38.5. The van der Waals surface area contributed by atoms with Crippen molar-refractivity contribution in [3.63, 3.8) is 0 Å². The lowest BCUT2D eigenvalue weighted by Crippen LogP contribution is -2.41. The molecule has 0 spiro atoms. The van der Waals surface area contributed by atoms with Gasteiger partial charge in [0.1, 0.15) is 6.04 Å². The van der Waals surface area contributed by atoms with Crippen LogP contribution in [0.1, 0.15) is 35.3 Å². The van der Waals surface area contributed by atoms with Crippen LogP contribution in [0.4, 0.5) is 16.2 Å². The second kappa shape index (κ2) is 8.77. The predicted octanol–water partition coefficient (Wildman–Crippen LogP) is 3.27. The van der Waals surface area contributed by atoms with Crippen molar-refractivity contribution < 1.29 is 19.1 Å². The molecule has 3 amide bonds. The number of ether oxygens (including phenoxy) is 1.